The molecule has 0 heterocycles. The van der Waals surface area contributed by atoms with E-state index in [0.29, 0.717) is 17.1 Å². The quantitative estimate of drug-likeness (QED) is 0.703. The normalized spacial score (nSPS) is 11.3. The summed E-state index contributed by atoms with van der Waals surface area (Å²) in [5, 5.41) is 2.79. The number of amides is 1. The van der Waals surface area contributed by atoms with Gasteiger partial charge in [0.05, 0.1) is 25.8 Å². The molecule has 0 radical (unpaired) electrons. The van der Waals surface area contributed by atoms with Gasteiger partial charge in [-0.15, -0.1) is 0 Å². The first-order valence-electron chi connectivity index (χ1n) is 8.81. The topological polar surface area (TPSA) is 77.1 Å². The number of benzene rings is 2. The Balaban J connectivity index is 1.94. The van der Waals surface area contributed by atoms with Crippen LogP contribution in [0.15, 0.2) is 42.5 Å². The molecule has 0 bridgehead atoms. The lowest BCUT2D eigenvalue weighted by Gasteiger charge is -2.18. The van der Waals surface area contributed by atoms with E-state index in [2.05, 4.69) is 5.32 Å². The molecular formula is C21H26N2O5. The van der Waals surface area contributed by atoms with E-state index in [9.17, 15) is 9.59 Å². The number of ether oxygens (including phenoxy) is 3. The Kier molecular flexibility index (Phi) is 7.26. The highest BCUT2D eigenvalue weighted by Gasteiger charge is 2.17. The summed E-state index contributed by atoms with van der Waals surface area (Å²) < 4.78 is 15.7. The van der Waals surface area contributed by atoms with Gasteiger partial charge in [-0.2, -0.15) is 0 Å². The van der Waals surface area contributed by atoms with Crippen molar-refractivity contribution in [1.29, 1.82) is 0 Å². The molecule has 2 rings (SSSR count). The molecule has 150 valence electrons. The highest BCUT2D eigenvalue weighted by atomic mass is 16.5. The van der Waals surface area contributed by atoms with E-state index in [1.165, 1.54) is 0 Å². The highest BCUT2D eigenvalue weighted by Crippen LogP contribution is 2.29. The molecule has 1 amide bonds. The maximum Gasteiger partial charge on any atom is 0.338 e. The predicted molar refractivity (Wildman–Crippen MR) is 107 cm³/mol. The largest absolute Gasteiger partial charge is 0.497 e. The van der Waals surface area contributed by atoms with E-state index >= 15 is 0 Å². The van der Waals surface area contributed by atoms with Crippen LogP contribution in [0.1, 0.15) is 28.9 Å². The monoisotopic (exact) mass is 386 g/mol. The van der Waals surface area contributed by atoms with Crippen LogP contribution in [-0.4, -0.2) is 46.8 Å². The maximum atomic E-state index is 12.2. The maximum absolute atomic E-state index is 12.2. The first-order valence-corrected chi connectivity index (χ1v) is 8.81. The molecule has 0 unspecified atom stereocenters. The van der Waals surface area contributed by atoms with Gasteiger partial charge in [-0.05, 0) is 49.4 Å². The molecule has 0 aliphatic heterocycles. The van der Waals surface area contributed by atoms with Crippen molar-refractivity contribution in [3.05, 3.63) is 53.6 Å². The molecule has 28 heavy (non-hydrogen) atoms. The number of esters is 1. The van der Waals surface area contributed by atoms with Crippen LogP contribution in [0.25, 0.3) is 0 Å². The van der Waals surface area contributed by atoms with Crippen molar-refractivity contribution < 1.29 is 23.8 Å². The summed E-state index contributed by atoms with van der Waals surface area (Å²) in [4.78, 5) is 26.2. The lowest BCUT2D eigenvalue weighted by molar-refractivity contribution is -0.124. The molecule has 0 aliphatic carbocycles. The van der Waals surface area contributed by atoms with Crippen molar-refractivity contribution in [2.45, 2.75) is 13.0 Å². The van der Waals surface area contributed by atoms with E-state index in [4.69, 9.17) is 14.2 Å². The van der Waals surface area contributed by atoms with Crippen molar-refractivity contribution >= 4 is 17.6 Å². The van der Waals surface area contributed by atoms with Gasteiger partial charge in [0.2, 0.25) is 0 Å². The zero-order chi connectivity index (χ0) is 20.7. The Bertz CT molecular complexity index is 818. The van der Waals surface area contributed by atoms with Crippen LogP contribution in [0, 0.1) is 0 Å². The van der Waals surface area contributed by atoms with Gasteiger partial charge < -0.3 is 24.4 Å². The minimum atomic E-state index is -0.549. The van der Waals surface area contributed by atoms with Gasteiger partial charge in [-0.25, -0.2) is 4.79 Å². The first-order chi connectivity index (χ1) is 13.3. The fourth-order valence-electron chi connectivity index (χ4n) is 2.65. The van der Waals surface area contributed by atoms with Crippen LogP contribution < -0.4 is 19.7 Å². The number of carbonyl (C=O) groups excluding carboxylic acids is 2. The van der Waals surface area contributed by atoms with Crippen LogP contribution in [0.2, 0.25) is 0 Å². The average Bonchev–Trinajstić information content (AvgIpc) is 2.71. The van der Waals surface area contributed by atoms with Gasteiger partial charge in [-0.1, -0.05) is 0 Å². The number of anilines is 1. The van der Waals surface area contributed by atoms with Gasteiger partial charge >= 0.3 is 5.97 Å². The molecule has 1 N–H and O–H groups in total. The Morgan fingerprint density at radius 2 is 1.71 bits per heavy atom. The molecule has 0 fully saturated rings. The Morgan fingerprint density at radius 1 is 1.04 bits per heavy atom. The van der Waals surface area contributed by atoms with Crippen LogP contribution in [0.3, 0.4) is 0 Å². The third-order valence-electron chi connectivity index (χ3n) is 4.23. The zero-order valence-corrected chi connectivity index (χ0v) is 16.8. The summed E-state index contributed by atoms with van der Waals surface area (Å²) in [5.74, 6) is 0.332. The molecule has 1 atom stereocenters. The Hall–Kier alpha value is -3.22. The molecule has 0 spiro atoms. The zero-order valence-electron chi connectivity index (χ0n) is 16.8. The lowest BCUT2D eigenvalue weighted by Crippen LogP contribution is -2.31. The van der Waals surface area contributed by atoms with Gasteiger partial charge in [0.15, 0.2) is 6.61 Å². The molecule has 2 aromatic carbocycles. The minimum Gasteiger partial charge on any atom is -0.497 e. The number of hydrogen-bond acceptors (Lipinski definition) is 6. The molecule has 7 nitrogen and oxygen atoms in total. The third kappa shape index (κ3) is 5.39. The van der Waals surface area contributed by atoms with E-state index < -0.39 is 11.9 Å². The molecule has 0 aliphatic rings. The fourth-order valence-corrected chi connectivity index (χ4v) is 2.65. The fraction of sp³-hybridized carbons (Fsp3) is 0.333. The van der Waals surface area contributed by atoms with Crippen molar-refractivity contribution in [3.8, 4) is 11.5 Å². The Morgan fingerprint density at radius 3 is 2.29 bits per heavy atom. The van der Waals surface area contributed by atoms with E-state index in [1.807, 2.05) is 38.1 Å². The predicted octanol–water partition coefficient (Wildman–Crippen LogP) is 2.80. The smallest absolute Gasteiger partial charge is 0.338 e. The van der Waals surface area contributed by atoms with Crippen LogP contribution in [0.5, 0.6) is 11.5 Å². The number of methoxy groups -OCH3 is 2. The van der Waals surface area contributed by atoms with E-state index in [0.717, 1.165) is 11.3 Å². The Labute approximate surface area is 165 Å². The van der Waals surface area contributed by atoms with E-state index in [1.54, 1.807) is 44.6 Å². The number of rotatable bonds is 8. The molecular weight excluding hydrogens is 360 g/mol. The summed E-state index contributed by atoms with van der Waals surface area (Å²) >= 11 is 0. The summed E-state index contributed by atoms with van der Waals surface area (Å²) in [7, 11) is 6.95. The first kappa shape index (κ1) is 21.1. The highest BCUT2D eigenvalue weighted by molar-refractivity contribution is 5.91. The summed E-state index contributed by atoms with van der Waals surface area (Å²) in [6, 6.07) is 12.0. The third-order valence-corrected chi connectivity index (χ3v) is 4.23. The van der Waals surface area contributed by atoms with Crippen LogP contribution in [0.4, 0.5) is 5.69 Å². The molecule has 0 saturated carbocycles. The number of carbonyl (C=O) groups is 2. The van der Waals surface area contributed by atoms with Gasteiger partial charge in [-0.3, -0.25) is 4.79 Å². The number of nitrogens with one attached hydrogen (secondary N) is 1. The van der Waals surface area contributed by atoms with Crippen molar-refractivity contribution in [3.63, 3.8) is 0 Å². The van der Waals surface area contributed by atoms with Crippen molar-refractivity contribution in [2.75, 3.05) is 39.8 Å². The standard InChI is InChI=1S/C21H26N2O5/c1-14(18-12-17(26-4)10-11-19(18)27-5)22-20(24)13-28-21(25)15-6-8-16(9-7-15)23(2)3/h6-12,14H,13H2,1-5H3,(H,22,24)/t14-/m0/s1. The van der Waals surface area contributed by atoms with E-state index in [-0.39, 0.29) is 12.6 Å². The SMILES string of the molecule is COc1ccc(OC)c([C@H](C)NC(=O)COC(=O)c2ccc(N(C)C)cc2)c1. The van der Waals surface area contributed by atoms with Crippen molar-refractivity contribution in [1.82, 2.24) is 5.32 Å². The number of nitrogens with zero attached hydrogens (tertiary/aromatic N) is 1. The van der Waals surface area contributed by atoms with Crippen LogP contribution >= 0.6 is 0 Å². The van der Waals surface area contributed by atoms with Crippen LogP contribution in [-0.2, 0) is 9.53 Å². The second kappa shape index (κ2) is 9.64. The van der Waals surface area contributed by atoms with Crippen molar-refractivity contribution in [2.24, 2.45) is 0 Å². The van der Waals surface area contributed by atoms with Gasteiger partial charge in [0, 0.05) is 25.3 Å². The molecule has 0 aromatic heterocycles. The van der Waals surface area contributed by atoms with Gasteiger partial charge in [0.25, 0.3) is 5.91 Å². The number of hydrogen-bond donors (Lipinski definition) is 1. The lowest BCUT2D eigenvalue weighted by atomic mass is 10.1. The summed E-state index contributed by atoms with van der Waals surface area (Å²) in [6.07, 6.45) is 0. The molecule has 0 saturated heterocycles. The summed E-state index contributed by atoms with van der Waals surface area (Å²) in [6.45, 7) is 1.45. The van der Waals surface area contributed by atoms with Gasteiger partial charge in [0.1, 0.15) is 11.5 Å². The second-order valence-corrected chi connectivity index (χ2v) is 6.41. The minimum absolute atomic E-state index is 0.351. The molecule has 7 heteroatoms. The summed E-state index contributed by atoms with van der Waals surface area (Å²) in [5.41, 5.74) is 2.12. The average molecular weight is 386 g/mol. The molecule has 2 aromatic rings. The second-order valence-electron chi connectivity index (χ2n) is 6.41.